The molecule has 0 amide bonds. The van der Waals surface area contributed by atoms with Gasteiger partial charge in [-0.25, -0.2) is 4.39 Å². The van der Waals surface area contributed by atoms with Gasteiger partial charge in [0, 0.05) is 5.56 Å². The molecule has 1 atom stereocenters. The van der Waals surface area contributed by atoms with Gasteiger partial charge in [0.15, 0.2) is 0 Å². The maximum absolute atomic E-state index is 13.4. The van der Waals surface area contributed by atoms with Gasteiger partial charge in [-0.05, 0) is 30.6 Å². The fourth-order valence-electron chi connectivity index (χ4n) is 1.36. The number of aromatic nitrogens is 1. The van der Waals surface area contributed by atoms with Crippen LogP contribution in [0, 0.1) is 12.7 Å². The largest absolute Gasteiger partial charge is 0.383 e. The Morgan fingerprint density at radius 1 is 1.40 bits per heavy atom. The third-order valence-corrected chi connectivity index (χ3v) is 3.05. The number of hydrogen-bond donors (Lipinski definition) is 1. The minimum Gasteiger partial charge on any atom is -0.383 e. The number of aliphatic hydroxyl groups excluding tert-OH is 1. The lowest BCUT2D eigenvalue weighted by Gasteiger charge is -2.08. The SMILES string of the molecule is Cc1cc(C(O)c2ccccc2F)sn1. The minimum absolute atomic E-state index is 0.293. The maximum Gasteiger partial charge on any atom is 0.129 e. The monoisotopic (exact) mass is 223 g/mol. The first kappa shape index (κ1) is 10.3. The van der Waals surface area contributed by atoms with Gasteiger partial charge in [-0.3, -0.25) is 0 Å². The van der Waals surface area contributed by atoms with Crippen molar-refractivity contribution in [3.63, 3.8) is 0 Å². The van der Waals surface area contributed by atoms with Crippen molar-refractivity contribution >= 4 is 11.5 Å². The molecule has 0 bridgehead atoms. The fraction of sp³-hybridized carbons (Fsp3) is 0.182. The third-order valence-electron chi connectivity index (χ3n) is 2.12. The van der Waals surface area contributed by atoms with Crippen LogP contribution >= 0.6 is 11.5 Å². The van der Waals surface area contributed by atoms with E-state index in [0.29, 0.717) is 10.4 Å². The Balaban J connectivity index is 2.36. The first-order chi connectivity index (χ1) is 7.18. The van der Waals surface area contributed by atoms with E-state index < -0.39 is 11.9 Å². The van der Waals surface area contributed by atoms with Crippen LogP contribution in [0.2, 0.25) is 0 Å². The van der Waals surface area contributed by atoms with E-state index in [4.69, 9.17) is 0 Å². The zero-order valence-electron chi connectivity index (χ0n) is 8.14. The molecule has 0 saturated carbocycles. The summed E-state index contributed by atoms with van der Waals surface area (Å²) in [7, 11) is 0. The lowest BCUT2D eigenvalue weighted by atomic mass is 10.1. The van der Waals surface area contributed by atoms with Gasteiger partial charge in [0.05, 0.1) is 10.6 Å². The van der Waals surface area contributed by atoms with Crippen LogP contribution in [0.4, 0.5) is 4.39 Å². The van der Waals surface area contributed by atoms with Crippen molar-refractivity contribution in [2.45, 2.75) is 13.0 Å². The molecule has 0 saturated heterocycles. The zero-order chi connectivity index (χ0) is 10.8. The van der Waals surface area contributed by atoms with Gasteiger partial charge < -0.3 is 5.11 Å². The highest BCUT2D eigenvalue weighted by Crippen LogP contribution is 2.27. The first-order valence-electron chi connectivity index (χ1n) is 4.54. The van der Waals surface area contributed by atoms with E-state index in [2.05, 4.69) is 4.37 Å². The van der Waals surface area contributed by atoms with Crippen molar-refractivity contribution in [2.75, 3.05) is 0 Å². The molecule has 1 unspecified atom stereocenters. The second-order valence-corrected chi connectivity index (χ2v) is 4.13. The van der Waals surface area contributed by atoms with Gasteiger partial charge in [0.25, 0.3) is 0 Å². The van der Waals surface area contributed by atoms with E-state index in [0.717, 1.165) is 5.69 Å². The van der Waals surface area contributed by atoms with Gasteiger partial charge in [-0.15, -0.1) is 0 Å². The standard InChI is InChI=1S/C11H10FNOS/c1-7-6-10(15-13-7)11(14)8-4-2-3-5-9(8)12/h2-6,11,14H,1H3. The van der Waals surface area contributed by atoms with Crippen LogP contribution in [0.3, 0.4) is 0 Å². The summed E-state index contributed by atoms with van der Waals surface area (Å²) in [5.41, 5.74) is 1.13. The second-order valence-electron chi connectivity index (χ2n) is 3.29. The van der Waals surface area contributed by atoms with Gasteiger partial charge in [-0.1, -0.05) is 18.2 Å². The molecule has 1 aromatic carbocycles. The number of nitrogens with zero attached hydrogens (tertiary/aromatic N) is 1. The van der Waals surface area contributed by atoms with E-state index in [9.17, 15) is 9.50 Å². The predicted molar refractivity (Wildman–Crippen MR) is 57.3 cm³/mol. The first-order valence-corrected chi connectivity index (χ1v) is 5.31. The quantitative estimate of drug-likeness (QED) is 0.849. The van der Waals surface area contributed by atoms with E-state index in [-0.39, 0.29) is 0 Å². The molecule has 1 heterocycles. The van der Waals surface area contributed by atoms with Crippen molar-refractivity contribution in [3.8, 4) is 0 Å². The molecule has 0 spiro atoms. The Morgan fingerprint density at radius 3 is 2.73 bits per heavy atom. The minimum atomic E-state index is -0.919. The third kappa shape index (κ3) is 2.06. The highest BCUT2D eigenvalue weighted by Gasteiger charge is 2.16. The van der Waals surface area contributed by atoms with Gasteiger partial charge >= 0.3 is 0 Å². The van der Waals surface area contributed by atoms with Crippen molar-refractivity contribution in [2.24, 2.45) is 0 Å². The summed E-state index contributed by atoms with van der Waals surface area (Å²) in [6, 6.07) is 7.99. The van der Waals surface area contributed by atoms with Crippen molar-refractivity contribution in [3.05, 3.63) is 52.3 Å². The predicted octanol–water partition coefficient (Wildman–Crippen LogP) is 2.67. The van der Waals surface area contributed by atoms with Gasteiger partial charge in [0.2, 0.25) is 0 Å². The zero-order valence-corrected chi connectivity index (χ0v) is 8.96. The van der Waals surface area contributed by atoms with Crippen LogP contribution in [-0.2, 0) is 0 Å². The average molecular weight is 223 g/mol. The Bertz CT molecular complexity index is 469. The smallest absolute Gasteiger partial charge is 0.129 e. The Hall–Kier alpha value is -1.26. The fourth-order valence-corrected chi connectivity index (χ4v) is 2.11. The van der Waals surface area contributed by atoms with E-state index >= 15 is 0 Å². The molecule has 0 radical (unpaired) electrons. The maximum atomic E-state index is 13.4. The van der Waals surface area contributed by atoms with Crippen molar-refractivity contribution < 1.29 is 9.50 Å². The normalized spacial score (nSPS) is 12.7. The van der Waals surface area contributed by atoms with Crippen LogP contribution in [0.25, 0.3) is 0 Å². The lowest BCUT2D eigenvalue weighted by Crippen LogP contribution is -1.99. The Morgan fingerprint density at radius 2 is 2.13 bits per heavy atom. The lowest BCUT2D eigenvalue weighted by molar-refractivity contribution is 0.218. The number of hydrogen-bond acceptors (Lipinski definition) is 3. The average Bonchev–Trinajstić information content (AvgIpc) is 2.65. The number of aliphatic hydroxyl groups is 1. The van der Waals surface area contributed by atoms with Crippen LogP contribution in [0.5, 0.6) is 0 Å². The van der Waals surface area contributed by atoms with E-state index in [1.54, 1.807) is 24.3 Å². The van der Waals surface area contributed by atoms with Crippen molar-refractivity contribution in [1.82, 2.24) is 4.37 Å². The molecule has 2 aromatic rings. The molecule has 2 rings (SSSR count). The molecular weight excluding hydrogens is 213 g/mol. The Kier molecular flexibility index (Phi) is 2.79. The number of rotatable bonds is 2. The summed E-state index contributed by atoms with van der Waals surface area (Å²) in [5.74, 6) is -0.393. The molecule has 0 aliphatic carbocycles. The van der Waals surface area contributed by atoms with Crippen LogP contribution < -0.4 is 0 Å². The molecule has 2 nitrogen and oxygen atoms in total. The Labute approximate surface area is 91.2 Å². The molecule has 4 heteroatoms. The number of benzene rings is 1. The molecule has 0 aliphatic heterocycles. The van der Waals surface area contributed by atoms with Crippen molar-refractivity contribution in [1.29, 1.82) is 0 Å². The summed E-state index contributed by atoms with van der Waals surface area (Å²) < 4.78 is 17.4. The van der Waals surface area contributed by atoms with Gasteiger partial charge in [-0.2, -0.15) is 4.37 Å². The summed E-state index contributed by atoms with van der Waals surface area (Å²) in [6.07, 6.45) is -0.919. The molecule has 15 heavy (non-hydrogen) atoms. The molecule has 0 aliphatic rings. The summed E-state index contributed by atoms with van der Waals surface area (Å²) in [5, 5.41) is 9.92. The number of halogens is 1. The topological polar surface area (TPSA) is 33.1 Å². The second kappa shape index (κ2) is 4.08. The summed E-state index contributed by atoms with van der Waals surface area (Å²) in [6.45, 7) is 1.84. The van der Waals surface area contributed by atoms with Crippen LogP contribution in [0.15, 0.2) is 30.3 Å². The highest BCUT2D eigenvalue weighted by molar-refractivity contribution is 7.05. The molecular formula is C11H10FNOS. The number of aryl methyl sites for hydroxylation is 1. The highest BCUT2D eigenvalue weighted by atomic mass is 32.1. The van der Waals surface area contributed by atoms with E-state index in [1.807, 2.05) is 6.92 Å². The summed E-state index contributed by atoms with van der Waals surface area (Å²) in [4.78, 5) is 0.664. The van der Waals surface area contributed by atoms with Crippen LogP contribution in [0.1, 0.15) is 22.2 Å². The van der Waals surface area contributed by atoms with Gasteiger partial charge in [0.1, 0.15) is 11.9 Å². The molecule has 78 valence electrons. The molecule has 1 aromatic heterocycles. The van der Waals surface area contributed by atoms with Crippen LogP contribution in [-0.4, -0.2) is 9.48 Å². The molecule has 0 fully saturated rings. The molecule has 1 N–H and O–H groups in total. The van der Waals surface area contributed by atoms with E-state index in [1.165, 1.54) is 17.6 Å². The summed E-state index contributed by atoms with van der Waals surface area (Å²) >= 11 is 1.19.